The Morgan fingerprint density at radius 1 is 0.824 bits per heavy atom. The number of hydrogen-bond acceptors (Lipinski definition) is 4. The third-order valence-corrected chi connectivity index (χ3v) is 6.21. The Morgan fingerprint density at radius 3 is 2.03 bits per heavy atom. The highest BCUT2D eigenvalue weighted by Crippen LogP contribution is 2.36. The predicted molar refractivity (Wildman–Crippen MR) is 140 cm³/mol. The van der Waals surface area contributed by atoms with Gasteiger partial charge in [-0.2, -0.15) is 0 Å². The van der Waals surface area contributed by atoms with Crippen molar-refractivity contribution < 1.29 is 9.59 Å². The van der Waals surface area contributed by atoms with Gasteiger partial charge in [0.25, 0.3) is 11.8 Å². The first kappa shape index (κ1) is 23.3. The normalized spacial score (nSPS) is 13.8. The molecule has 0 atom stereocenters. The second-order valence-corrected chi connectivity index (χ2v) is 9.33. The molecule has 2 amide bonds. The van der Waals surface area contributed by atoms with E-state index in [1.807, 2.05) is 99.6 Å². The minimum absolute atomic E-state index is 0.294. The number of carbonyl (C=O) groups excluding carboxylic acids is 2. The van der Waals surface area contributed by atoms with Gasteiger partial charge in [0.15, 0.2) is 0 Å². The van der Waals surface area contributed by atoms with E-state index < -0.39 is 0 Å². The average molecular weight is 454 g/mol. The maximum Gasteiger partial charge on any atom is 0.282 e. The van der Waals surface area contributed by atoms with Gasteiger partial charge in [-0.05, 0) is 72.9 Å². The fourth-order valence-corrected chi connectivity index (χ4v) is 4.22. The summed E-state index contributed by atoms with van der Waals surface area (Å²) in [6.45, 7) is 8.21. The quantitative estimate of drug-likeness (QED) is 0.473. The van der Waals surface area contributed by atoms with Gasteiger partial charge < -0.3 is 10.2 Å². The van der Waals surface area contributed by atoms with Crippen molar-refractivity contribution in [1.29, 1.82) is 0 Å². The number of rotatable bonds is 6. The largest absolute Gasteiger partial charge is 0.378 e. The maximum atomic E-state index is 13.7. The molecule has 0 aliphatic carbocycles. The van der Waals surface area contributed by atoms with Crippen LogP contribution >= 0.6 is 0 Å². The Labute approximate surface area is 201 Å². The first-order chi connectivity index (χ1) is 16.2. The zero-order chi connectivity index (χ0) is 24.6. The van der Waals surface area contributed by atoms with Crippen LogP contribution in [0.5, 0.6) is 0 Å². The van der Waals surface area contributed by atoms with Crippen LogP contribution in [0.1, 0.15) is 42.0 Å². The first-order valence-corrected chi connectivity index (χ1v) is 11.5. The summed E-state index contributed by atoms with van der Waals surface area (Å²) in [5.74, 6) is -0.305. The topological polar surface area (TPSA) is 52.7 Å². The van der Waals surface area contributed by atoms with Crippen LogP contribution in [-0.2, 0) is 9.59 Å². The van der Waals surface area contributed by atoms with E-state index in [2.05, 4.69) is 19.2 Å². The van der Waals surface area contributed by atoms with Crippen LogP contribution in [-0.4, -0.2) is 25.9 Å². The van der Waals surface area contributed by atoms with Crippen LogP contribution in [0.15, 0.2) is 72.4 Å². The molecule has 1 aliphatic rings. The molecule has 1 heterocycles. The molecule has 1 N–H and O–H groups in total. The Balaban J connectivity index is 1.79. The monoisotopic (exact) mass is 453 g/mol. The van der Waals surface area contributed by atoms with E-state index in [-0.39, 0.29) is 11.8 Å². The summed E-state index contributed by atoms with van der Waals surface area (Å²) in [5, 5.41) is 3.26. The molecule has 4 rings (SSSR count). The van der Waals surface area contributed by atoms with Gasteiger partial charge in [0.1, 0.15) is 5.70 Å². The summed E-state index contributed by atoms with van der Waals surface area (Å²) in [6.07, 6.45) is 0. The lowest BCUT2D eigenvalue weighted by molar-refractivity contribution is -0.120. The zero-order valence-corrected chi connectivity index (χ0v) is 20.6. The molecule has 0 spiro atoms. The van der Waals surface area contributed by atoms with Crippen LogP contribution in [0.2, 0.25) is 0 Å². The van der Waals surface area contributed by atoms with Gasteiger partial charge in [0.05, 0.1) is 11.3 Å². The van der Waals surface area contributed by atoms with Crippen molar-refractivity contribution >= 4 is 34.4 Å². The summed E-state index contributed by atoms with van der Waals surface area (Å²) in [5.41, 5.74) is 7.04. The Morgan fingerprint density at radius 2 is 1.47 bits per heavy atom. The van der Waals surface area contributed by atoms with E-state index in [1.54, 1.807) is 0 Å². The van der Waals surface area contributed by atoms with Crippen LogP contribution in [0.3, 0.4) is 0 Å². The van der Waals surface area contributed by atoms with E-state index >= 15 is 0 Å². The highest BCUT2D eigenvalue weighted by Gasteiger charge is 2.40. The molecular weight excluding hydrogens is 422 g/mol. The summed E-state index contributed by atoms with van der Waals surface area (Å²) < 4.78 is 0. The third kappa shape index (κ3) is 4.34. The van der Waals surface area contributed by atoms with Crippen molar-refractivity contribution in [1.82, 2.24) is 0 Å². The van der Waals surface area contributed by atoms with Crippen molar-refractivity contribution in [2.75, 3.05) is 29.2 Å². The standard InChI is InChI=1S/C29H31N3O2/c1-18(2)21-8-12-24(13-9-21)32-28(33)26(25-16-7-19(3)17-20(25)4)27(29(32)34)30-22-10-14-23(15-11-22)31(5)6/h7-18,30H,1-6H3. The van der Waals surface area contributed by atoms with E-state index in [0.717, 1.165) is 33.6 Å². The smallest absolute Gasteiger partial charge is 0.282 e. The average Bonchev–Trinajstić information content (AvgIpc) is 3.03. The molecule has 3 aromatic rings. The molecule has 0 aromatic heterocycles. The predicted octanol–water partition coefficient (Wildman–Crippen LogP) is 5.89. The number of nitrogens with zero attached hydrogens (tertiary/aromatic N) is 2. The van der Waals surface area contributed by atoms with Gasteiger partial charge in [0, 0.05) is 25.5 Å². The van der Waals surface area contributed by atoms with Crippen molar-refractivity contribution in [3.05, 3.63) is 94.7 Å². The van der Waals surface area contributed by atoms with Crippen molar-refractivity contribution in [3.8, 4) is 0 Å². The zero-order valence-electron chi connectivity index (χ0n) is 20.6. The van der Waals surface area contributed by atoms with E-state index in [1.165, 1.54) is 4.90 Å². The second-order valence-electron chi connectivity index (χ2n) is 9.33. The lowest BCUT2D eigenvalue weighted by atomic mass is 9.97. The SMILES string of the molecule is Cc1ccc(C2=C(Nc3ccc(N(C)C)cc3)C(=O)N(c3ccc(C(C)C)cc3)C2=O)c(C)c1. The van der Waals surface area contributed by atoms with E-state index in [9.17, 15) is 9.59 Å². The number of nitrogens with one attached hydrogen (secondary N) is 1. The van der Waals surface area contributed by atoms with Crippen molar-refractivity contribution in [2.24, 2.45) is 0 Å². The molecule has 0 fully saturated rings. The summed E-state index contributed by atoms with van der Waals surface area (Å²) in [6, 6.07) is 21.4. The lowest BCUT2D eigenvalue weighted by Gasteiger charge is -2.17. The van der Waals surface area contributed by atoms with Crippen LogP contribution in [0.25, 0.3) is 5.57 Å². The van der Waals surface area contributed by atoms with E-state index in [4.69, 9.17) is 0 Å². The number of anilines is 3. The molecule has 0 radical (unpaired) electrons. The van der Waals surface area contributed by atoms with Crippen LogP contribution in [0, 0.1) is 13.8 Å². The number of carbonyl (C=O) groups is 2. The fraction of sp³-hybridized carbons (Fsp3) is 0.241. The van der Waals surface area contributed by atoms with Gasteiger partial charge in [-0.1, -0.05) is 49.7 Å². The molecule has 174 valence electrons. The third-order valence-electron chi connectivity index (χ3n) is 6.21. The van der Waals surface area contributed by atoms with Crippen LogP contribution < -0.4 is 15.1 Å². The first-order valence-electron chi connectivity index (χ1n) is 11.5. The number of benzene rings is 3. The maximum absolute atomic E-state index is 13.7. The van der Waals surface area contributed by atoms with E-state index in [0.29, 0.717) is 22.9 Å². The molecule has 0 saturated heterocycles. The number of imide groups is 1. The van der Waals surface area contributed by atoms with Gasteiger partial charge in [-0.3, -0.25) is 9.59 Å². The highest BCUT2D eigenvalue weighted by atomic mass is 16.2. The number of hydrogen-bond donors (Lipinski definition) is 1. The van der Waals surface area contributed by atoms with Gasteiger partial charge >= 0.3 is 0 Å². The lowest BCUT2D eigenvalue weighted by Crippen LogP contribution is -2.32. The molecule has 0 bridgehead atoms. The summed E-state index contributed by atoms with van der Waals surface area (Å²) in [7, 11) is 3.95. The Kier molecular flexibility index (Phi) is 6.29. The molecular formula is C29H31N3O2. The second kappa shape index (κ2) is 9.18. The molecule has 5 heteroatoms. The molecule has 5 nitrogen and oxygen atoms in total. The Bertz CT molecular complexity index is 1270. The minimum Gasteiger partial charge on any atom is -0.378 e. The minimum atomic E-state index is -0.353. The molecule has 0 unspecified atom stereocenters. The number of amides is 2. The summed E-state index contributed by atoms with van der Waals surface area (Å²) >= 11 is 0. The fourth-order valence-electron chi connectivity index (χ4n) is 4.22. The highest BCUT2D eigenvalue weighted by molar-refractivity contribution is 6.46. The molecule has 0 saturated carbocycles. The van der Waals surface area contributed by atoms with Crippen LogP contribution in [0.4, 0.5) is 17.1 Å². The van der Waals surface area contributed by atoms with Crippen molar-refractivity contribution in [2.45, 2.75) is 33.6 Å². The molecule has 1 aliphatic heterocycles. The van der Waals surface area contributed by atoms with Gasteiger partial charge in [-0.25, -0.2) is 4.90 Å². The number of aryl methyl sites for hydroxylation is 2. The summed E-state index contributed by atoms with van der Waals surface area (Å²) in [4.78, 5) is 30.7. The van der Waals surface area contributed by atoms with Gasteiger partial charge in [0.2, 0.25) is 0 Å². The van der Waals surface area contributed by atoms with Gasteiger partial charge in [-0.15, -0.1) is 0 Å². The van der Waals surface area contributed by atoms with Crippen molar-refractivity contribution in [3.63, 3.8) is 0 Å². The molecule has 3 aromatic carbocycles. The Hall–Kier alpha value is -3.86. The molecule has 34 heavy (non-hydrogen) atoms.